The molecule has 1 heterocycles. The van der Waals surface area contributed by atoms with Gasteiger partial charge in [-0.25, -0.2) is 4.98 Å². The molecular formula is C13H6Cl4N2. The summed E-state index contributed by atoms with van der Waals surface area (Å²) in [7, 11) is 0. The van der Waals surface area contributed by atoms with Crippen molar-refractivity contribution < 1.29 is 0 Å². The molecule has 0 spiro atoms. The third kappa shape index (κ3) is 3.13. The van der Waals surface area contributed by atoms with Crippen LogP contribution in [0.15, 0.2) is 24.4 Å². The maximum atomic E-state index is 8.75. The van der Waals surface area contributed by atoms with Crippen molar-refractivity contribution in [2.75, 3.05) is 0 Å². The molecular weight excluding hydrogens is 326 g/mol. The highest BCUT2D eigenvalue weighted by atomic mass is 35.5. The molecule has 19 heavy (non-hydrogen) atoms. The van der Waals surface area contributed by atoms with Crippen molar-refractivity contribution in [1.29, 1.82) is 5.26 Å². The van der Waals surface area contributed by atoms with Crippen LogP contribution in [0, 0.1) is 11.3 Å². The van der Waals surface area contributed by atoms with Crippen LogP contribution in [0.2, 0.25) is 20.2 Å². The predicted molar refractivity (Wildman–Crippen MR) is 79.0 cm³/mol. The zero-order valence-electron chi connectivity index (χ0n) is 9.42. The Hall–Kier alpha value is -0.980. The van der Waals surface area contributed by atoms with Crippen LogP contribution in [0.1, 0.15) is 5.56 Å². The Bertz CT molecular complexity index is 654. The molecule has 0 aliphatic carbocycles. The number of hydrogen-bond acceptors (Lipinski definition) is 2. The first kappa shape index (κ1) is 14.4. The van der Waals surface area contributed by atoms with Crippen LogP contribution >= 0.6 is 46.4 Å². The zero-order chi connectivity index (χ0) is 14.0. The molecule has 0 saturated carbocycles. The number of aromatic nitrogens is 1. The minimum absolute atomic E-state index is 0.169. The zero-order valence-corrected chi connectivity index (χ0v) is 12.4. The molecule has 0 bridgehead atoms. The first-order valence-corrected chi connectivity index (χ1v) is 6.70. The lowest BCUT2D eigenvalue weighted by Crippen LogP contribution is -1.91. The van der Waals surface area contributed by atoms with Gasteiger partial charge in [-0.2, -0.15) is 5.26 Å². The van der Waals surface area contributed by atoms with Crippen LogP contribution in [-0.2, 0) is 6.42 Å². The number of nitriles is 1. The van der Waals surface area contributed by atoms with Gasteiger partial charge in [0.05, 0.1) is 22.5 Å². The number of halogens is 4. The Labute approximate surface area is 130 Å². The topological polar surface area (TPSA) is 36.7 Å². The monoisotopic (exact) mass is 330 g/mol. The summed E-state index contributed by atoms with van der Waals surface area (Å²) in [6.07, 6.45) is 1.73. The van der Waals surface area contributed by atoms with E-state index in [4.69, 9.17) is 51.7 Å². The van der Waals surface area contributed by atoms with Gasteiger partial charge in [-0.3, -0.25) is 0 Å². The summed E-state index contributed by atoms with van der Waals surface area (Å²) in [6, 6.07) is 6.98. The van der Waals surface area contributed by atoms with E-state index in [1.165, 1.54) is 0 Å². The molecule has 0 radical (unpaired) electrons. The number of nitrogens with zero attached hydrogens (tertiary/aromatic N) is 2. The molecule has 6 heteroatoms. The minimum atomic E-state index is 0.169. The third-order valence-electron chi connectivity index (χ3n) is 2.48. The largest absolute Gasteiger partial charge is 0.244 e. The molecule has 0 amide bonds. The van der Waals surface area contributed by atoms with Gasteiger partial charge < -0.3 is 0 Å². The fourth-order valence-electron chi connectivity index (χ4n) is 1.66. The summed E-state index contributed by atoms with van der Waals surface area (Å²) < 4.78 is 0. The molecule has 96 valence electrons. The standard InChI is InChI=1S/C13H6Cl4N2/c14-9-4-10(15)12(11(16)5-9)8-3-7(1-2-18)13(17)19-6-8/h3-6H,1H2. The Kier molecular flexibility index (Phi) is 4.54. The Morgan fingerprint density at radius 1 is 1.05 bits per heavy atom. The fraction of sp³-hybridized carbons (Fsp3) is 0.0769. The number of hydrogen-bond donors (Lipinski definition) is 0. The Balaban J connectivity index is 2.60. The highest BCUT2D eigenvalue weighted by molar-refractivity contribution is 6.41. The maximum Gasteiger partial charge on any atom is 0.133 e. The van der Waals surface area contributed by atoms with Crippen LogP contribution in [0.25, 0.3) is 11.1 Å². The lowest BCUT2D eigenvalue weighted by molar-refractivity contribution is 1.19. The first-order valence-electron chi connectivity index (χ1n) is 5.19. The lowest BCUT2D eigenvalue weighted by Gasteiger charge is -2.09. The number of rotatable bonds is 2. The van der Waals surface area contributed by atoms with Crippen molar-refractivity contribution in [1.82, 2.24) is 4.98 Å². The summed E-state index contributed by atoms with van der Waals surface area (Å²) in [5, 5.41) is 10.3. The molecule has 0 aliphatic heterocycles. The second-order valence-electron chi connectivity index (χ2n) is 3.75. The summed E-state index contributed by atoms with van der Waals surface area (Å²) in [6.45, 7) is 0. The second kappa shape index (κ2) is 5.98. The van der Waals surface area contributed by atoms with Crippen molar-refractivity contribution in [3.05, 3.63) is 50.2 Å². The minimum Gasteiger partial charge on any atom is -0.244 e. The molecule has 0 N–H and O–H groups in total. The van der Waals surface area contributed by atoms with E-state index in [2.05, 4.69) is 4.98 Å². The highest BCUT2D eigenvalue weighted by Crippen LogP contribution is 2.37. The average Bonchev–Trinajstić information content (AvgIpc) is 2.32. The first-order chi connectivity index (χ1) is 9.02. The van der Waals surface area contributed by atoms with Crippen molar-refractivity contribution >= 4 is 46.4 Å². The van der Waals surface area contributed by atoms with Crippen LogP contribution in [0.5, 0.6) is 0 Å². The van der Waals surface area contributed by atoms with Gasteiger partial charge in [0.15, 0.2) is 0 Å². The van der Waals surface area contributed by atoms with Crippen molar-refractivity contribution in [2.24, 2.45) is 0 Å². The fourth-order valence-corrected chi connectivity index (χ4v) is 2.86. The molecule has 1 aromatic carbocycles. The van der Waals surface area contributed by atoms with Gasteiger partial charge in [0, 0.05) is 27.9 Å². The number of pyridine rings is 1. The Morgan fingerprint density at radius 2 is 1.68 bits per heavy atom. The van der Waals surface area contributed by atoms with E-state index in [1.54, 1.807) is 24.4 Å². The maximum absolute atomic E-state index is 8.75. The van der Waals surface area contributed by atoms with E-state index < -0.39 is 0 Å². The van der Waals surface area contributed by atoms with E-state index in [1.807, 2.05) is 6.07 Å². The molecule has 0 saturated heterocycles. The van der Waals surface area contributed by atoms with E-state index in [-0.39, 0.29) is 6.42 Å². The molecule has 0 aliphatic rings. The second-order valence-corrected chi connectivity index (χ2v) is 5.36. The van der Waals surface area contributed by atoms with E-state index >= 15 is 0 Å². The molecule has 0 fully saturated rings. The third-order valence-corrected chi connectivity index (χ3v) is 3.63. The molecule has 1 aromatic heterocycles. The number of benzene rings is 1. The molecule has 2 nitrogen and oxygen atoms in total. The van der Waals surface area contributed by atoms with Gasteiger partial charge in [-0.1, -0.05) is 46.4 Å². The summed E-state index contributed by atoms with van der Waals surface area (Å²) >= 11 is 24.1. The van der Waals surface area contributed by atoms with Crippen molar-refractivity contribution in [3.63, 3.8) is 0 Å². The van der Waals surface area contributed by atoms with Crippen LogP contribution in [0.3, 0.4) is 0 Å². The summed E-state index contributed by atoms with van der Waals surface area (Å²) in [4.78, 5) is 4.04. The molecule has 2 aromatic rings. The molecule has 0 unspecified atom stereocenters. The smallest absolute Gasteiger partial charge is 0.133 e. The summed E-state index contributed by atoms with van der Waals surface area (Å²) in [5.74, 6) is 0. The van der Waals surface area contributed by atoms with Gasteiger partial charge in [-0.05, 0) is 18.2 Å². The van der Waals surface area contributed by atoms with Crippen LogP contribution in [0.4, 0.5) is 0 Å². The Morgan fingerprint density at radius 3 is 2.26 bits per heavy atom. The van der Waals surface area contributed by atoms with E-state index in [0.29, 0.717) is 36.9 Å². The lowest BCUT2D eigenvalue weighted by atomic mass is 10.0. The van der Waals surface area contributed by atoms with Crippen molar-refractivity contribution in [3.8, 4) is 17.2 Å². The summed E-state index contributed by atoms with van der Waals surface area (Å²) in [5.41, 5.74) is 1.95. The normalized spacial score (nSPS) is 10.3. The van der Waals surface area contributed by atoms with Gasteiger partial charge in [-0.15, -0.1) is 0 Å². The van der Waals surface area contributed by atoms with Gasteiger partial charge in [0.1, 0.15) is 5.15 Å². The van der Waals surface area contributed by atoms with Crippen LogP contribution < -0.4 is 0 Å². The molecule has 2 rings (SSSR count). The average molecular weight is 332 g/mol. The quantitative estimate of drug-likeness (QED) is 0.688. The highest BCUT2D eigenvalue weighted by Gasteiger charge is 2.12. The van der Waals surface area contributed by atoms with E-state index in [9.17, 15) is 0 Å². The van der Waals surface area contributed by atoms with Gasteiger partial charge >= 0.3 is 0 Å². The predicted octanol–water partition coefficient (Wildman–Crippen LogP) is 5.43. The SMILES string of the molecule is N#CCc1cc(-c2c(Cl)cc(Cl)cc2Cl)cnc1Cl. The van der Waals surface area contributed by atoms with Crippen LogP contribution in [-0.4, -0.2) is 4.98 Å². The van der Waals surface area contributed by atoms with Crippen molar-refractivity contribution in [2.45, 2.75) is 6.42 Å². The van der Waals surface area contributed by atoms with Gasteiger partial charge in [0.25, 0.3) is 0 Å². The van der Waals surface area contributed by atoms with Gasteiger partial charge in [0.2, 0.25) is 0 Å². The molecule has 0 atom stereocenters. The van der Waals surface area contributed by atoms with E-state index in [0.717, 1.165) is 0 Å².